The number of hydrogen-bond donors (Lipinski definition) is 1. The molecule has 3 heteroatoms. The minimum Gasteiger partial charge on any atom is -0.327 e. The maximum absolute atomic E-state index is 6.01. The monoisotopic (exact) mass is 200 g/mol. The van der Waals surface area contributed by atoms with Crippen LogP contribution in [-0.2, 0) is 0 Å². The van der Waals surface area contributed by atoms with Gasteiger partial charge < -0.3 is 5.73 Å². The zero-order valence-electron chi connectivity index (χ0n) is 8.41. The van der Waals surface area contributed by atoms with Crippen molar-refractivity contribution < 1.29 is 0 Å². The minimum atomic E-state index is 0.449. The van der Waals surface area contributed by atoms with E-state index in [0.717, 1.165) is 6.04 Å². The van der Waals surface area contributed by atoms with Crippen LogP contribution in [0.2, 0.25) is 0 Å². The van der Waals surface area contributed by atoms with Gasteiger partial charge in [0.1, 0.15) is 0 Å². The highest BCUT2D eigenvalue weighted by Crippen LogP contribution is 2.26. The van der Waals surface area contributed by atoms with E-state index >= 15 is 0 Å². The SMILES string of the molecule is CC1CN(C2CCSC2)CCC1N. The first-order valence-corrected chi connectivity index (χ1v) is 6.50. The molecule has 76 valence electrons. The Morgan fingerprint density at radius 2 is 2.23 bits per heavy atom. The molecule has 0 saturated carbocycles. The van der Waals surface area contributed by atoms with Crippen molar-refractivity contribution in [1.82, 2.24) is 4.90 Å². The smallest absolute Gasteiger partial charge is 0.0194 e. The summed E-state index contributed by atoms with van der Waals surface area (Å²) in [6.07, 6.45) is 2.59. The summed E-state index contributed by atoms with van der Waals surface area (Å²) < 4.78 is 0. The van der Waals surface area contributed by atoms with Crippen molar-refractivity contribution in [1.29, 1.82) is 0 Å². The quantitative estimate of drug-likeness (QED) is 0.689. The summed E-state index contributed by atoms with van der Waals surface area (Å²) in [5.41, 5.74) is 6.01. The molecular formula is C10H20N2S. The molecule has 2 aliphatic rings. The lowest BCUT2D eigenvalue weighted by Crippen LogP contribution is -2.49. The number of likely N-dealkylation sites (tertiary alicyclic amines) is 1. The first kappa shape index (κ1) is 9.81. The molecule has 0 bridgehead atoms. The molecule has 0 amide bonds. The molecule has 2 aliphatic heterocycles. The minimum absolute atomic E-state index is 0.449. The van der Waals surface area contributed by atoms with Gasteiger partial charge in [0.25, 0.3) is 0 Å². The Labute approximate surface area is 85.2 Å². The molecule has 0 aromatic carbocycles. The number of nitrogens with two attached hydrogens (primary N) is 1. The van der Waals surface area contributed by atoms with Gasteiger partial charge in [-0.1, -0.05) is 6.92 Å². The van der Waals surface area contributed by atoms with Gasteiger partial charge in [-0.05, 0) is 31.1 Å². The number of nitrogens with zero attached hydrogens (tertiary/aromatic N) is 1. The van der Waals surface area contributed by atoms with Crippen LogP contribution in [0, 0.1) is 5.92 Å². The molecule has 3 atom stereocenters. The largest absolute Gasteiger partial charge is 0.327 e. The Morgan fingerprint density at radius 1 is 1.38 bits per heavy atom. The van der Waals surface area contributed by atoms with E-state index in [0.29, 0.717) is 12.0 Å². The van der Waals surface area contributed by atoms with Gasteiger partial charge in [-0.15, -0.1) is 0 Å². The fraction of sp³-hybridized carbons (Fsp3) is 1.00. The first-order chi connectivity index (χ1) is 6.27. The molecular weight excluding hydrogens is 180 g/mol. The Hall–Kier alpha value is 0.270. The highest BCUT2D eigenvalue weighted by molar-refractivity contribution is 7.99. The van der Waals surface area contributed by atoms with E-state index in [2.05, 4.69) is 23.6 Å². The Morgan fingerprint density at radius 3 is 2.85 bits per heavy atom. The van der Waals surface area contributed by atoms with Gasteiger partial charge in [-0.3, -0.25) is 4.90 Å². The van der Waals surface area contributed by atoms with E-state index in [1.807, 2.05) is 0 Å². The summed E-state index contributed by atoms with van der Waals surface area (Å²) >= 11 is 2.10. The van der Waals surface area contributed by atoms with Crippen LogP contribution in [0.4, 0.5) is 0 Å². The lowest BCUT2D eigenvalue weighted by Gasteiger charge is -2.38. The molecule has 0 aliphatic carbocycles. The molecule has 0 aromatic heterocycles. The summed E-state index contributed by atoms with van der Waals surface area (Å²) in [4.78, 5) is 2.66. The van der Waals surface area contributed by atoms with E-state index < -0.39 is 0 Å². The van der Waals surface area contributed by atoms with E-state index in [1.54, 1.807) is 0 Å². The summed E-state index contributed by atoms with van der Waals surface area (Å²) in [5, 5.41) is 0. The maximum Gasteiger partial charge on any atom is 0.0194 e. The van der Waals surface area contributed by atoms with Gasteiger partial charge in [0, 0.05) is 24.4 Å². The number of thioether (sulfide) groups is 1. The Balaban J connectivity index is 1.87. The molecule has 2 heterocycles. The highest BCUT2D eigenvalue weighted by Gasteiger charge is 2.29. The van der Waals surface area contributed by atoms with Crippen LogP contribution >= 0.6 is 11.8 Å². The number of rotatable bonds is 1. The molecule has 2 nitrogen and oxygen atoms in total. The van der Waals surface area contributed by atoms with Crippen molar-refractivity contribution in [2.24, 2.45) is 11.7 Å². The normalized spacial score (nSPS) is 42.5. The predicted molar refractivity (Wildman–Crippen MR) is 59.1 cm³/mol. The molecule has 3 unspecified atom stereocenters. The van der Waals surface area contributed by atoms with E-state index in [9.17, 15) is 0 Å². The van der Waals surface area contributed by atoms with Crippen LogP contribution in [0.5, 0.6) is 0 Å². The van der Waals surface area contributed by atoms with Crippen molar-refractivity contribution >= 4 is 11.8 Å². The second-order valence-electron chi connectivity index (χ2n) is 4.44. The fourth-order valence-corrected chi connectivity index (χ4v) is 3.59. The van der Waals surface area contributed by atoms with Crippen LogP contribution in [0.1, 0.15) is 19.8 Å². The van der Waals surface area contributed by atoms with E-state index in [-0.39, 0.29) is 0 Å². The third kappa shape index (κ3) is 2.20. The van der Waals surface area contributed by atoms with Crippen LogP contribution < -0.4 is 5.73 Å². The molecule has 2 rings (SSSR count). The van der Waals surface area contributed by atoms with Crippen LogP contribution in [0.25, 0.3) is 0 Å². The molecule has 0 aromatic rings. The second kappa shape index (κ2) is 4.20. The van der Waals surface area contributed by atoms with Crippen molar-refractivity contribution in [3.8, 4) is 0 Å². The van der Waals surface area contributed by atoms with Gasteiger partial charge in [0.05, 0.1) is 0 Å². The second-order valence-corrected chi connectivity index (χ2v) is 5.59. The van der Waals surface area contributed by atoms with Crippen molar-refractivity contribution in [3.05, 3.63) is 0 Å². The van der Waals surface area contributed by atoms with Crippen molar-refractivity contribution in [2.75, 3.05) is 24.6 Å². The maximum atomic E-state index is 6.01. The lowest BCUT2D eigenvalue weighted by molar-refractivity contribution is 0.127. The zero-order valence-corrected chi connectivity index (χ0v) is 9.22. The van der Waals surface area contributed by atoms with Crippen molar-refractivity contribution in [3.63, 3.8) is 0 Å². The van der Waals surface area contributed by atoms with E-state index in [4.69, 9.17) is 5.73 Å². The number of hydrogen-bond acceptors (Lipinski definition) is 3. The predicted octanol–water partition coefficient (Wildman–Crippen LogP) is 1.16. The van der Waals surface area contributed by atoms with Gasteiger partial charge in [-0.25, -0.2) is 0 Å². The topological polar surface area (TPSA) is 29.3 Å². The fourth-order valence-electron chi connectivity index (χ4n) is 2.34. The first-order valence-electron chi connectivity index (χ1n) is 5.35. The van der Waals surface area contributed by atoms with Gasteiger partial charge in [0.15, 0.2) is 0 Å². The zero-order chi connectivity index (χ0) is 9.26. The van der Waals surface area contributed by atoms with E-state index in [1.165, 1.54) is 37.4 Å². The Kier molecular flexibility index (Phi) is 3.17. The molecule has 2 saturated heterocycles. The lowest BCUT2D eigenvalue weighted by atomic mass is 9.93. The molecule has 0 spiro atoms. The standard InChI is InChI=1S/C10H20N2S/c1-8-6-12(4-2-10(8)11)9-3-5-13-7-9/h8-10H,2-7,11H2,1H3. The highest BCUT2D eigenvalue weighted by atomic mass is 32.2. The average Bonchev–Trinajstić information content (AvgIpc) is 2.62. The number of piperidine rings is 1. The molecule has 2 fully saturated rings. The average molecular weight is 200 g/mol. The van der Waals surface area contributed by atoms with Crippen LogP contribution in [0.15, 0.2) is 0 Å². The van der Waals surface area contributed by atoms with Crippen LogP contribution in [-0.4, -0.2) is 41.6 Å². The third-order valence-electron chi connectivity index (χ3n) is 3.43. The Bertz CT molecular complexity index is 168. The molecule has 0 radical (unpaired) electrons. The summed E-state index contributed by atoms with van der Waals surface area (Å²) in [6, 6.07) is 1.31. The van der Waals surface area contributed by atoms with Gasteiger partial charge >= 0.3 is 0 Å². The van der Waals surface area contributed by atoms with Gasteiger partial charge in [0.2, 0.25) is 0 Å². The summed E-state index contributed by atoms with van der Waals surface area (Å²) in [6.45, 7) is 4.75. The summed E-state index contributed by atoms with van der Waals surface area (Å²) in [5.74, 6) is 3.41. The van der Waals surface area contributed by atoms with Crippen LogP contribution in [0.3, 0.4) is 0 Å². The van der Waals surface area contributed by atoms with Crippen molar-refractivity contribution in [2.45, 2.75) is 31.8 Å². The molecule has 13 heavy (non-hydrogen) atoms. The summed E-state index contributed by atoms with van der Waals surface area (Å²) in [7, 11) is 0. The van der Waals surface area contributed by atoms with Gasteiger partial charge in [-0.2, -0.15) is 11.8 Å². The third-order valence-corrected chi connectivity index (χ3v) is 4.57. The molecule has 2 N–H and O–H groups in total.